The molecule has 21 heavy (non-hydrogen) atoms. The Morgan fingerprint density at radius 3 is 2.67 bits per heavy atom. The molecule has 0 radical (unpaired) electrons. The summed E-state index contributed by atoms with van der Waals surface area (Å²) in [5, 5.41) is -0.325. The molecule has 0 aliphatic carbocycles. The van der Waals surface area contributed by atoms with Gasteiger partial charge in [0.25, 0.3) is 0 Å². The van der Waals surface area contributed by atoms with Crippen molar-refractivity contribution in [1.29, 1.82) is 0 Å². The summed E-state index contributed by atoms with van der Waals surface area (Å²) in [5.41, 5.74) is 2.06. The molecule has 0 unspecified atom stereocenters. The number of carbonyl (C=O) groups excluding carboxylic acids is 1. The van der Waals surface area contributed by atoms with Crippen molar-refractivity contribution in [3.8, 4) is 0 Å². The lowest BCUT2D eigenvalue weighted by atomic mass is 10.1. The van der Waals surface area contributed by atoms with Gasteiger partial charge in [-0.25, -0.2) is 8.78 Å². The van der Waals surface area contributed by atoms with Crippen LogP contribution in [-0.2, 0) is 4.79 Å². The molecule has 1 amide bonds. The summed E-state index contributed by atoms with van der Waals surface area (Å²) in [6, 6.07) is 10.5. The smallest absolute Gasteiger partial charge is 0.238 e. The molecule has 2 aromatic carbocycles. The molecule has 1 fully saturated rings. The van der Waals surface area contributed by atoms with Gasteiger partial charge in [0.15, 0.2) is 0 Å². The van der Waals surface area contributed by atoms with Gasteiger partial charge in [-0.3, -0.25) is 9.69 Å². The van der Waals surface area contributed by atoms with Crippen LogP contribution in [0, 0.1) is 18.6 Å². The van der Waals surface area contributed by atoms with E-state index in [-0.39, 0.29) is 17.1 Å². The Bertz CT molecular complexity index is 704. The number of carbonyl (C=O) groups is 1. The summed E-state index contributed by atoms with van der Waals surface area (Å²) in [7, 11) is 0. The summed E-state index contributed by atoms with van der Waals surface area (Å²) in [5.74, 6) is -0.526. The second-order valence-electron chi connectivity index (χ2n) is 4.91. The average molecular weight is 305 g/mol. The molecule has 1 aliphatic rings. The minimum absolute atomic E-state index is 0.0945. The predicted octanol–water partition coefficient (Wildman–Crippen LogP) is 4.05. The number of thioether (sulfide) groups is 1. The van der Waals surface area contributed by atoms with Crippen molar-refractivity contribution in [1.82, 2.24) is 0 Å². The van der Waals surface area contributed by atoms with Crippen molar-refractivity contribution in [2.75, 3.05) is 10.7 Å². The summed E-state index contributed by atoms with van der Waals surface area (Å²) < 4.78 is 26.9. The average Bonchev–Trinajstić information content (AvgIpc) is 2.83. The number of anilines is 1. The van der Waals surface area contributed by atoms with Crippen LogP contribution in [-0.4, -0.2) is 11.7 Å². The first-order valence-corrected chi connectivity index (χ1v) is 7.56. The molecule has 1 heterocycles. The molecular formula is C16H13F2NOS. The zero-order valence-electron chi connectivity index (χ0n) is 11.3. The zero-order valence-corrected chi connectivity index (χ0v) is 12.2. The third kappa shape index (κ3) is 2.65. The summed E-state index contributed by atoms with van der Waals surface area (Å²) >= 11 is 1.42. The molecule has 108 valence electrons. The number of aryl methyl sites for hydroxylation is 1. The van der Waals surface area contributed by atoms with Gasteiger partial charge in [-0.1, -0.05) is 18.2 Å². The summed E-state index contributed by atoms with van der Waals surface area (Å²) in [4.78, 5) is 13.7. The van der Waals surface area contributed by atoms with Crippen LogP contribution in [0.4, 0.5) is 14.5 Å². The molecule has 1 atom stereocenters. The van der Waals surface area contributed by atoms with Crippen LogP contribution in [0.25, 0.3) is 0 Å². The largest absolute Gasteiger partial charge is 0.295 e. The number of hydrogen-bond donors (Lipinski definition) is 0. The van der Waals surface area contributed by atoms with E-state index >= 15 is 0 Å². The van der Waals surface area contributed by atoms with Crippen LogP contribution >= 0.6 is 11.8 Å². The van der Waals surface area contributed by atoms with Gasteiger partial charge in [0.2, 0.25) is 5.91 Å². The van der Waals surface area contributed by atoms with Gasteiger partial charge in [0.1, 0.15) is 17.0 Å². The number of rotatable bonds is 2. The highest BCUT2D eigenvalue weighted by Crippen LogP contribution is 2.42. The van der Waals surface area contributed by atoms with E-state index in [0.29, 0.717) is 17.0 Å². The Morgan fingerprint density at radius 1 is 1.14 bits per heavy atom. The van der Waals surface area contributed by atoms with Gasteiger partial charge in [0, 0.05) is 0 Å². The topological polar surface area (TPSA) is 20.3 Å². The molecule has 0 aromatic heterocycles. The number of halogens is 2. The van der Waals surface area contributed by atoms with Crippen molar-refractivity contribution in [3.63, 3.8) is 0 Å². The van der Waals surface area contributed by atoms with Crippen LogP contribution in [0.2, 0.25) is 0 Å². The fourth-order valence-corrected chi connectivity index (χ4v) is 3.59. The van der Waals surface area contributed by atoms with Gasteiger partial charge in [-0.15, -0.1) is 11.8 Å². The second kappa shape index (κ2) is 5.48. The lowest BCUT2D eigenvalue weighted by Crippen LogP contribution is -2.28. The van der Waals surface area contributed by atoms with Gasteiger partial charge >= 0.3 is 0 Å². The molecule has 0 bridgehead atoms. The van der Waals surface area contributed by atoms with E-state index in [1.807, 2.05) is 6.92 Å². The maximum absolute atomic E-state index is 13.5. The molecule has 2 aromatic rings. The fraction of sp³-hybridized carbons (Fsp3) is 0.188. The Kier molecular flexibility index (Phi) is 3.68. The fourth-order valence-electron chi connectivity index (χ4n) is 2.43. The lowest BCUT2D eigenvalue weighted by Gasteiger charge is -2.26. The highest BCUT2D eigenvalue weighted by molar-refractivity contribution is 8.00. The molecule has 3 rings (SSSR count). The normalized spacial score (nSPS) is 18.3. The van der Waals surface area contributed by atoms with Crippen LogP contribution < -0.4 is 4.90 Å². The highest BCUT2D eigenvalue weighted by atomic mass is 32.2. The van der Waals surface area contributed by atoms with Crippen molar-refractivity contribution in [2.24, 2.45) is 0 Å². The van der Waals surface area contributed by atoms with Crippen molar-refractivity contribution in [2.45, 2.75) is 12.3 Å². The highest BCUT2D eigenvalue weighted by Gasteiger charge is 2.35. The van der Waals surface area contributed by atoms with E-state index in [4.69, 9.17) is 0 Å². The minimum Gasteiger partial charge on any atom is -0.295 e. The third-order valence-corrected chi connectivity index (χ3v) is 4.64. The minimum atomic E-state index is -0.390. The van der Waals surface area contributed by atoms with E-state index in [9.17, 15) is 13.6 Å². The van der Waals surface area contributed by atoms with Crippen LogP contribution in [0.3, 0.4) is 0 Å². The van der Waals surface area contributed by atoms with Gasteiger partial charge < -0.3 is 0 Å². The van der Waals surface area contributed by atoms with E-state index in [2.05, 4.69) is 0 Å². The summed E-state index contributed by atoms with van der Waals surface area (Å²) in [6.45, 7) is 1.83. The molecule has 1 aliphatic heterocycles. The molecule has 5 heteroatoms. The molecule has 2 nitrogen and oxygen atoms in total. The van der Waals surface area contributed by atoms with Crippen LogP contribution in [0.5, 0.6) is 0 Å². The third-order valence-electron chi connectivity index (χ3n) is 3.43. The second-order valence-corrected chi connectivity index (χ2v) is 5.98. The van der Waals surface area contributed by atoms with Crippen molar-refractivity contribution in [3.05, 3.63) is 65.2 Å². The Morgan fingerprint density at radius 2 is 1.90 bits per heavy atom. The molecule has 0 spiro atoms. The number of benzene rings is 2. The number of nitrogens with zero attached hydrogens (tertiary/aromatic N) is 1. The molecule has 0 N–H and O–H groups in total. The number of amides is 1. The lowest BCUT2D eigenvalue weighted by molar-refractivity contribution is -0.115. The molecular weight excluding hydrogens is 292 g/mol. The first kappa shape index (κ1) is 14.1. The van der Waals surface area contributed by atoms with Crippen LogP contribution in [0.1, 0.15) is 16.5 Å². The van der Waals surface area contributed by atoms with E-state index in [0.717, 1.165) is 5.56 Å². The van der Waals surface area contributed by atoms with Gasteiger partial charge in [-0.2, -0.15) is 0 Å². The Hall–Kier alpha value is -1.88. The Balaban J connectivity index is 2.06. The van der Waals surface area contributed by atoms with Crippen LogP contribution in [0.15, 0.2) is 42.5 Å². The SMILES string of the molecule is Cc1ccc(F)cc1N1C(=O)CS[C@H]1c1cccc(F)c1. The quantitative estimate of drug-likeness (QED) is 0.834. The molecule has 0 saturated carbocycles. The van der Waals surface area contributed by atoms with Crippen molar-refractivity contribution < 1.29 is 13.6 Å². The number of hydrogen-bond acceptors (Lipinski definition) is 2. The Labute approximate surface area is 125 Å². The maximum atomic E-state index is 13.5. The molecule has 1 saturated heterocycles. The zero-order chi connectivity index (χ0) is 15.0. The van der Waals surface area contributed by atoms with E-state index in [1.165, 1.54) is 36.0 Å². The van der Waals surface area contributed by atoms with Crippen molar-refractivity contribution >= 4 is 23.4 Å². The standard InChI is InChI=1S/C16H13F2NOS/c1-10-5-6-13(18)8-14(10)19-15(20)9-21-16(19)11-3-2-4-12(17)7-11/h2-8,16H,9H2,1H3/t16-/m0/s1. The summed E-state index contributed by atoms with van der Waals surface area (Å²) in [6.07, 6.45) is 0. The van der Waals surface area contributed by atoms with Gasteiger partial charge in [0.05, 0.1) is 11.4 Å². The maximum Gasteiger partial charge on any atom is 0.238 e. The first-order valence-electron chi connectivity index (χ1n) is 6.51. The first-order chi connectivity index (χ1) is 10.1. The van der Waals surface area contributed by atoms with Gasteiger partial charge in [-0.05, 0) is 42.3 Å². The van der Waals surface area contributed by atoms with E-state index in [1.54, 1.807) is 23.1 Å². The predicted molar refractivity (Wildman–Crippen MR) is 80.2 cm³/mol. The monoisotopic (exact) mass is 305 g/mol. The van der Waals surface area contributed by atoms with E-state index < -0.39 is 5.82 Å².